The molecule has 0 aliphatic carbocycles. The summed E-state index contributed by atoms with van der Waals surface area (Å²) in [6.07, 6.45) is 0.244. The van der Waals surface area contributed by atoms with Gasteiger partial charge in [-0.3, -0.25) is 4.79 Å². The predicted octanol–water partition coefficient (Wildman–Crippen LogP) is 2.78. The van der Waals surface area contributed by atoms with Crippen LogP contribution in [0.25, 0.3) is 0 Å². The molecular formula is C16H25FN2O2. The largest absolute Gasteiger partial charge is 0.481 e. The summed E-state index contributed by atoms with van der Waals surface area (Å²) in [5.74, 6) is 0.229. The Morgan fingerprint density at radius 2 is 2.00 bits per heavy atom. The fraction of sp³-hybridized carbons (Fsp3) is 0.562. The van der Waals surface area contributed by atoms with E-state index in [2.05, 4.69) is 19.2 Å². The molecular weight excluding hydrogens is 271 g/mol. The third-order valence-electron chi connectivity index (χ3n) is 3.17. The van der Waals surface area contributed by atoms with Crippen molar-refractivity contribution < 1.29 is 13.9 Å². The summed E-state index contributed by atoms with van der Waals surface area (Å²) in [5, 5.41) is 2.80. The van der Waals surface area contributed by atoms with Gasteiger partial charge in [0.15, 0.2) is 6.10 Å². The van der Waals surface area contributed by atoms with Crippen LogP contribution in [0.15, 0.2) is 18.2 Å². The molecule has 5 heteroatoms. The third-order valence-corrected chi connectivity index (χ3v) is 3.17. The van der Waals surface area contributed by atoms with E-state index in [1.165, 1.54) is 6.07 Å². The van der Waals surface area contributed by atoms with Gasteiger partial charge in [-0.2, -0.15) is 0 Å². The Bertz CT molecular complexity index is 475. The molecule has 0 spiro atoms. The number of carbonyl (C=O) groups is 1. The maximum absolute atomic E-state index is 13.8. The monoisotopic (exact) mass is 296 g/mol. The van der Waals surface area contributed by atoms with Crippen LogP contribution < -0.4 is 15.8 Å². The number of nitrogens with two attached hydrogens (primary N) is 1. The van der Waals surface area contributed by atoms with Crippen LogP contribution in [-0.2, 0) is 4.79 Å². The Balaban J connectivity index is 2.56. The number of benzene rings is 1. The van der Waals surface area contributed by atoms with Gasteiger partial charge in [-0.15, -0.1) is 0 Å². The molecule has 0 aliphatic heterocycles. The standard InChI is InChI=1S/C16H25FN2O2/c1-10(2)7-8-19-16(20)12(4)21-13-5-6-14(11(3)18)15(17)9-13/h5-6,9-12H,7-8,18H2,1-4H3,(H,19,20)/t11-,12?/m1/s1. The van der Waals surface area contributed by atoms with Gasteiger partial charge < -0.3 is 15.8 Å². The molecule has 2 atom stereocenters. The summed E-state index contributed by atoms with van der Waals surface area (Å²) in [7, 11) is 0. The maximum Gasteiger partial charge on any atom is 0.260 e. The van der Waals surface area contributed by atoms with Crippen molar-refractivity contribution >= 4 is 5.91 Å². The summed E-state index contributed by atoms with van der Waals surface area (Å²) in [5.41, 5.74) is 6.08. The van der Waals surface area contributed by atoms with Crippen molar-refractivity contribution in [2.24, 2.45) is 11.7 Å². The molecule has 1 unspecified atom stereocenters. The number of nitrogens with one attached hydrogen (secondary N) is 1. The van der Waals surface area contributed by atoms with Crippen molar-refractivity contribution in [3.8, 4) is 5.75 Å². The first kappa shape index (κ1) is 17.4. The van der Waals surface area contributed by atoms with Gasteiger partial charge in [-0.25, -0.2) is 4.39 Å². The molecule has 1 aromatic rings. The van der Waals surface area contributed by atoms with Crippen LogP contribution in [0.2, 0.25) is 0 Å². The SMILES string of the molecule is CC(C)CCNC(=O)C(C)Oc1ccc([C@@H](C)N)c(F)c1. The smallest absolute Gasteiger partial charge is 0.260 e. The van der Waals surface area contributed by atoms with E-state index < -0.39 is 11.9 Å². The van der Waals surface area contributed by atoms with Crippen molar-refractivity contribution in [1.82, 2.24) is 5.32 Å². The molecule has 0 fully saturated rings. The minimum Gasteiger partial charge on any atom is -0.481 e. The van der Waals surface area contributed by atoms with Gasteiger partial charge >= 0.3 is 0 Å². The average Bonchev–Trinajstić information content (AvgIpc) is 2.37. The second-order valence-electron chi connectivity index (χ2n) is 5.71. The second-order valence-corrected chi connectivity index (χ2v) is 5.71. The van der Waals surface area contributed by atoms with Crippen LogP contribution >= 0.6 is 0 Å². The molecule has 21 heavy (non-hydrogen) atoms. The van der Waals surface area contributed by atoms with Crippen molar-refractivity contribution in [2.75, 3.05) is 6.54 Å². The molecule has 0 radical (unpaired) electrons. The highest BCUT2D eigenvalue weighted by Crippen LogP contribution is 2.21. The van der Waals surface area contributed by atoms with E-state index in [1.54, 1.807) is 26.0 Å². The lowest BCUT2D eigenvalue weighted by atomic mass is 10.1. The molecule has 0 saturated heterocycles. The van der Waals surface area contributed by atoms with Gasteiger partial charge in [0.1, 0.15) is 11.6 Å². The zero-order chi connectivity index (χ0) is 16.0. The lowest BCUT2D eigenvalue weighted by molar-refractivity contribution is -0.127. The molecule has 0 bridgehead atoms. The predicted molar refractivity (Wildman–Crippen MR) is 81.6 cm³/mol. The normalized spacial score (nSPS) is 13.9. The minimum atomic E-state index is -0.669. The zero-order valence-electron chi connectivity index (χ0n) is 13.2. The van der Waals surface area contributed by atoms with Gasteiger partial charge in [-0.05, 0) is 32.3 Å². The summed E-state index contributed by atoms with van der Waals surface area (Å²) in [6.45, 7) is 8.15. The molecule has 4 nitrogen and oxygen atoms in total. The Morgan fingerprint density at radius 1 is 1.33 bits per heavy atom. The zero-order valence-corrected chi connectivity index (χ0v) is 13.2. The van der Waals surface area contributed by atoms with Crippen molar-refractivity contribution in [1.29, 1.82) is 0 Å². The van der Waals surface area contributed by atoms with Crippen LogP contribution in [0.1, 0.15) is 45.7 Å². The number of amides is 1. The Kier molecular flexibility index (Phi) is 6.62. The first-order valence-corrected chi connectivity index (χ1v) is 7.30. The molecule has 118 valence electrons. The van der Waals surface area contributed by atoms with E-state index in [0.717, 1.165) is 6.42 Å². The molecule has 1 aromatic carbocycles. The van der Waals surface area contributed by atoms with Crippen LogP contribution in [0.5, 0.6) is 5.75 Å². The lowest BCUT2D eigenvalue weighted by Gasteiger charge is -2.16. The van der Waals surface area contributed by atoms with Gasteiger partial charge in [-0.1, -0.05) is 19.9 Å². The Hall–Kier alpha value is -1.62. The number of hydrogen-bond acceptors (Lipinski definition) is 3. The van der Waals surface area contributed by atoms with Gasteiger partial charge in [0.25, 0.3) is 5.91 Å². The summed E-state index contributed by atoms with van der Waals surface area (Å²) >= 11 is 0. The van der Waals surface area contributed by atoms with Gasteiger partial charge in [0.2, 0.25) is 0 Å². The fourth-order valence-corrected chi connectivity index (χ4v) is 1.84. The van der Waals surface area contributed by atoms with E-state index in [0.29, 0.717) is 23.8 Å². The fourth-order valence-electron chi connectivity index (χ4n) is 1.84. The second kappa shape index (κ2) is 7.98. The molecule has 0 aromatic heterocycles. The topological polar surface area (TPSA) is 64.3 Å². The van der Waals surface area contributed by atoms with E-state index in [4.69, 9.17) is 10.5 Å². The number of carbonyl (C=O) groups excluding carboxylic acids is 1. The van der Waals surface area contributed by atoms with Crippen LogP contribution in [0, 0.1) is 11.7 Å². The lowest BCUT2D eigenvalue weighted by Crippen LogP contribution is -2.37. The molecule has 1 rings (SSSR count). The Labute approximate surface area is 125 Å². The van der Waals surface area contributed by atoms with Crippen molar-refractivity contribution in [3.63, 3.8) is 0 Å². The van der Waals surface area contributed by atoms with Crippen molar-refractivity contribution in [2.45, 2.75) is 46.3 Å². The summed E-state index contributed by atoms with van der Waals surface area (Å²) < 4.78 is 19.2. The van der Waals surface area contributed by atoms with E-state index in [9.17, 15) is 9.18 Å². The maximum atomic E-state index is 13.8. The molecule has 0 aliphatic rings. The molecule has 1 amide bonds. The third kappa shape index (κ3) is 5.71. The van der Waals surface area contributed by atoms with E-state index in [1.807, 2.05) is 0 Å². The average molecular weight is 296 g/mol. The molecule has 3 N–H and O–H groups in total. The van der Waals surface area contributed by atoms with Gasteiger partial charge in [0, 0.05) is 24.2 Å². The van der Waals surface area contributed by atoms with Gasteiger partial charge in [0.05, 0.1) is 0 Å². The Morgan fingerprint density at radius 3 is 2.52 bits per heavy atom. The van der Waals surface area contributed by atoms with Crippen LogP contribution in [-0.4, -0.2) is 18.6 Å². The first-order valence-electron chi connectivity index (χ1n) is 7.30. The molecule has 0 heterocycles. The van der Waals surface area contributed by atoms with Crippen LogP contribution in [0.3, 0.4) is 0 Å². The quantitative estimate of drug-likeness (QED) is 0.813. The minimum absolute atomic E-state index is 0.202. The van der Waals surface area contributed by atoms with E-state index >= 15 is 0 Å². The number of rotatable bonds is 7. The van der Waals surface area contributed by atoms with Crippen molar-refractivity contribution in [3.05, 3.63) is 29.6 Å². The summed E-state index contributed by atoms with van der Waals surface area (Å²) in [4.78, 5) is 11.8. The first-order chi connectivity index (χ1) is 9.81. The highest BCUT2D eigenvalue weighted by molar-refractivity contribution is 5.80. The highest BCUT2D eigenvalue weighted by atomic mass is 19.1. The highest BCUT2D eigenvalue weighted by Gasteiger charge is 2.15. The number of halogens is 1. The summed E-state index contributed by atoms with van der Waals surface area (Å²) in [6, 6.07) is 4.09. The number of hydrogen-bond donors (Lipinski definition) is 2. The number of ether oxygens (including phenoxy) is 1. The molecule has 0 saturated carbocycles. The van der Waals surface area contributed by atoms with Crippen LogP contribution in [0.4, 0.5) is 4.39 Å². The van der Waals surface area contributed by atoms with E-state index in [-0.39, 0.29) is 11.9 Å².